The molecule has 1 amide bonds. The summed E-state index contributed by atoms with van der Waals surface area (Å²) in [5.41, 5.74) is -0.335. The normalized spacial score (nSPS) is 16.7. The van der Waals surface area contributed by atoms with Gasteiger partial charge in [-0.1, -0.05) is 0 Å². The van der Waals surface area contributed by atoms with Crippen molar-refractivity contribution in [1.29, 1.82) is 0 Å². The molecule has 0 aromatic rings. The predicted octanol–water partition coefficient (Wildman–Crippen LogP) is 3.31. The summed E-state index contributed by atoms with van der Waals surface area (Å²) < 4.78 is 5.54. The van der Waals surface area contributed by atoms with E-state index in [-0.39, 0.29) is 11.6 Å². The van der Waals surface area contributed by atoms with Gasteiger partial charge in [0.05, 0.1) is 6.54 Å². The molecule has 1 heterocycles. The van der Waals surface area contributed by atoms with Crippen molar-refractivity contribution in [3.05, 3.63) is 0 Å². The van der Waals surface area contributed by atoms with Crippen LogP contribution in [-0.4, -0.2) is 78.8 Å². The zero-order valence-electron chi connectivity index (χ0n) is 20.1. The number of nitrogens with one attached hydrogen (secondary N) is 2. The topological polar surface area (TPSA) is 69.2 Å². The first-order chi connectivity index (χ1) is 13.4. The van der Waals surface area contributed by atoms with E-state index in [0.29, 0.717) is 12.5 Å². The molecule has 1 rings (SSSR count). The Morgan fingerprint density at radius 3 is 2.24 bits per heavy atom. The maximum Gasteiger partial charge on any atom is 0.410 e. The fourth-order valence-corrected chi connectivity index (χ4v) is 3.32. The van der Waals surface area contributed by atoms with Crippen LogP contribution in [0.15, 0.2) is 4.99 Å². The lowest BCUT2D eigenvalue weighted by Gasteiger charge is -2.36. The molecule has 1 fully saturated rings. The molecule has 1 aliphatic heterocycles. The Morgan fingerprint density at radius 1 is 1.14 bits per heavy atom. The molecule has 0 saturated carbocycles. The number of ether oxygens (including phenoxy) is 1. The number of amides is 1. The highest BCUT2D eigenvalue weighted by atomic mass is 16.6. The molecule has 0 aromatic heterocycles. The van der Waals surface area contributed by atoms with Gasteiger partial charge >= 0.3 is 6.09 Å². The van der Waals surface area contributed by atoms with Crippen molar-refractivity contribution in [3.8, 4) is 0 Å². The zero-order chi connectivity index (χ0) is 22.1. The maximum absolute atomic E-state index is 12.4. The number of rotatable bonds is 7. The summed E-state index contributed by atoms with van der Waals surface area (Å²) >= 11 is 0. The minimum Gasteiger partial charge on any atom is -0.444 e. The summed E-state index contributed by atoms with van der Waals surface area (Å²) in [7, 11) is 0. The van der Waals surface area contributed by atoms with Gasteiger partial charge in [0.1, 0.15) is 5.60 Å². The second-order valence-electron chi connectivity index (χ2n) is 9.86. The number of carbonyl (C=O) groups excluding carboxylic acids is 1. The first-order valence-corrected chi connectivity index (χ1v) is 11.2. The molecular formula is C22H45N5O2. The molecule has 1 saturated heterocycles. The van der Waals surface area contributed by atoms with E-state index < -0.39 is 5.60 Å². The monoisotopic (exact) mass is 411 g/mol. The number of piperidine rings is 1. The van der Waals surface area contributed by atoms with E-state index in [1.165, 1.54) is 0 Å². The van der Waals surface area contributed by atoms with Crippen molar-refractivity contribution in [3.63, 3.8) is 0 Å². The Labute approximate surface area is 178 Å². The smallest absolute Gasteiger partial charge is 0.410 e. The van der Waals surface area contributed by atoms with Gasteiger partial charge in [-0.05, 0) is 74.1 Å². The van der Waals surface area contributed by atoms with Gasteiger partial charge in [0.2, 0.25) is 0 Å². The molecule has 29 heavy (non-hydrogen) atoms. The highest BCUT2D eigenvalue weighted by molar-refractivity contribution is 5.80. The van der Waals surface area contributed by atoms with E-state index in [9.17, 15) is 4.79 Å². The van der Waals surface area contributed by atoms with Crippen molar-refractivity contribution in [2.45, 2.75) is 79.4 Å². The van der Waals surface area contributed by atoms with E-state index in [1.54, 1.807) is 0 Å². The quantitative estimate of drug-likeness (QED) is 0.382. The number of hydrogen-bond acceptors (Lipinski definition) is 4. The van der Waals surface area contributed by atoms with E-state index in [1.807, 2.05) is 32.6 Å². The number of hydrogen-bond donors (Lipinski definition) is 2. The Morgan fingerprint density at radius 2 is 1.76 bits per heavy atom. The number of guanidine groups is 1. The Hall–Kier alpha value is -1.50. The molecule has 0 spiro atoms. The average molecular weight is 412 g/mol. The molecule has 0 bridgehead atoms. The first kappa shape index (κ1) is 25.5. The number of nitrogens with zero attached hydrogens (tertiary/aromatic N) is 3. The van der Waals surface area contributed by atoms with Crippen LogP contribution in [0.5, 0.6) is 0 Å². The van der Waals surface area contributed by atoms with Crippen molar-refractivity contribution in [2.24, 2.45) is 10.9 Å². The fourth-order valence-electron chi connectivity index (χ4n) is 3.32. The van der Waals surface area contributed by atoms with Gasteiger partial charge in [0.15, 0.2) is 5.96 Å². The summed E-state index contributed by atoms with van der Waals surface area (Å²) in [6.07, 6.45) is 1.91. The van der Waals surface area contributed by atoms with Crippen molar-refractivity contribution in [2.75, 3.05) is 45.8 Å². The highest BCUT2D eigenvalue weighted by Crippen LogP contribution is 2.20. The third kappa shape index (κ3) is 10.7. The SMILES string of the molecule is CCNC(=NCCNC(C)(C)C)N1CCC(CN(CC)C(=O)OC(C)(C)C)CC1. The van der Waals surface area contributed by atoms with Crippen LogP contribution in [0.4, 0.5) is 4.79 Å². The average Bonchev–Trinajstić information content (AvgIpc) is 2.60. The number of carbonyl (C=O) groups is 1. The lowest BCUT2D eigenvalue weighted by molar-refractivity contribution is 0.0214. The summed E-state index contributed by atoms with van der Waals surface area (Å²) in [6.45, 7) is 22.3. The van der Waals surface area contributed by atoms with Crippen molar-refractivity contribution in [1.82, 2.24) is 20.4 Å². The summed E-state index contributed by atoms with van der Waals surface area (Å²) in [6, 6.07) is 0. The number of likely N-dealkylation sites (tertiary alicyclic amines) is 1. The van der Waals surface area contributed by atoms with Crippen LogP contribution in [-0.2, 0) is 4.74 Å². The second-order valence-corrected chi connectivity index (χ2v) is 9.86. The first-order valence-electron chi connectivity index (χ1n) is 11.2. The Bertz CT molecular complexity index is 514. The molecule has 0 aliphatic carbocycles. The van der Waals surface area contributed by atoms with Gasteiger partial charge in [0, 0.05) is 44.8 Å². The Kier molecular flexibility index (Phi) is 10.2. The largest absolute Gasteiger partial charge is 0.444 e. The van der Waals surface area contributed by atoms with Crippen LogP contribution in [0, 0.1) is 5.92 Å². The minimum absolute atomic E-state index is 0.117. The molecule has 7 nitrogen and oxygen atoms in total. The van der Waals surface area contributed by atoms with Gasteiger partial charge in [-0.2, -0.15) is 0 Å². The van der Waals surface area contributed by atoms with E-state index >= 15 is 0 Å². The van der Waals surface area contributed by atoms with E-state index in [0.717, 1.165) is 58.1 Å². The highest BCUT2D eigenvalue weighted by Gasteiger charge is 2.27. The number of aliphatic imine (C=N–C) groups is 1. The molecule has 7 heteroatoms. The summed E-state index contributed by atoms with van der Waals surface area (Å²) in [5.74, 6) is 1.50. The molecule has 0 radical (unpaired) electrons. The fraction of sp³-hybridized carbons (Fsp3) is 0.909. The van der Waals surface area contributed by atoms with Crippen LogP contribution in [0.25, 0.3) is 0 Å². The predicted molar refractivity (Wildman–Crippen MR) is 122 cm³/mol. The molecule has 1 aliphatic rings. The Balaban J connectivity index is 2.53. The van der Waals surface area contributed by atoms with Gasteiger partial charge in [-0.3, -0.25) is 4.99 Å². The van der Waals surface area contributed by atoms with Crippen LogP contribution >= 0.6 is 0 Å². The van der Waals surface area contributed by atoms with Gasteiger partial charge in [0.25, 0.3) is 0 Å². The molecule has 2 N–H and O–H groups in total. The van der Waals surface area contributed by atoms with Gasteiger partial charge in [-0.15, -0.1) is 0 Å². The summed E-state index contributed by atoms with van der Waals surface area (Å²) in [5, 5.41) is 6.91. The molecule has 0 aromatic carbocycles. The maximum atomic E-state index is 12.4. The molecule has 0 atom stereocenters. The lowest BCUT2D eigenvalue weighted by atomic mass is 9.96. The molecule has 170 valence electrons. The summed E-state index contributed by atoms with van der Waals surface area (Å²) in [4.78, 5) is 21.4. The van der Waals surface area contributed by atoms with Crippen LogP contribution in [0.3, 0.4) is 0 Å². The third-order valence-electron chi connectivity index (χ3n) is 4.79. The lowest BCUT2D eigenvalue weighted by Crippen LogP contribution is -2.48. The van der Waals surface area contributed by atoms with Crippen molar-refractivity contribution >= 4 is 12.1 Å². The zero-order valence-corrected chi connectivity index (χ0v) is 20.1. The standard InChI is InChI=1S/C22H45N5O2/c1-9-23-19(24-13-14-25-21(3,4)5)27-15-11-18(12-16-27)17-26(10-2)20(28)29-22(6,7)8/h18,25H,9-17H2,1-8H3,(H,23,24). The van der Waals surface area contributed by atoms with Gasteiger partial charge in [-0.25, -0.2) is 4.79 Å². The third-order valence-corrected chi connectivity index (χ3v) is 4.79. The van der Waals surface area contributed by atoms with Crippen LogP contribution < -0.4 is 10.6 Å². The molecular weight excluding hydrogens is 366 g/mol. The second kappa shape index (κ2) is 11.6. The van der Waals surface area contributed by atoms with Crippen molar-refractivity contribution < 1.29 is 9.53 Å². The van der Waals surface area contributed by atoms with E-state index in [2.05, 4.69) is 43.2 Å². The molecule has 0 unspecified atom stereocenters. The van der Waals surface area contributed by atoms with Crippen LogP contribution in [0.2, 0.25) is 0 Å². The van der Waals surface area contributed by atoms with E-state index in [4.69, 9.17) is 9.73 Å². The minimum atomic E-state index is -0.451. The van der Waals surface area contributed by atoms with Gasteiger partial charge < -0.3 is 25.2 Å². The van der Waals surface area contributed by atoms with Crippen LogP contribution in [0.1, 0.15) is 68.2 Å².